The van der Waals surface area contributed by atoms with E-state index in [0.717, 1.165) is 22.4 Å². The molecular weight excluding hydrogens is 549 g/mol. The van der Waals surface area contributed by atoms with E-state index in [0.29, 0.717) is 64.3 Å². The molecule has 1 saturated carbocycles. The highest BCUT2D eigenvalue weighted by molar-refractivity contribution is 5.82. The number of hydrogen-bond acceptors (Lipinski definition) is 6. The van der Waals surface area contributed by atoms with Gasteiger partial charge in [0.25, 0.3) is 0 Å². The third kappa shape index (κ3) is 7.64. The molecule has 3 atom stereocenters. The van der Waals surface area contributed by atoms with Crippen LogP contribution in [-0.2, 0) is 25.5 Å². The number of hydrogen-bond donors (Lipinski definition) is 0. The van der Waals surface area contributed by atoms with Gasteiger partial charge in [-0.05, 0) is 67.4 Å². The standard InChI is InChI=1S/C32H39F3N2O5/c1-40-29(38)10-14-36-15-12-31(13-16-36,20-23-6-5-9-25(18-23)42-26-11-17-41-21-26)22-37(30(39)32(33,34)35)28-19-27(28)24-7-3-2-4-8-24/h2-9,18,26-28H,10-17,19-22H2,1H3/t26-,27?,28-/m1/s1. The van der Waals surface area contributed by atoms with E-state index >= 15 is 0 Å². The van der Waals surface area contributed by atoms with Crippen molar-refractivity contribution >= 4 is 11.9 Å². The number of amides is 1. The Kier molecular flexibility index (Phi) is 9.42. The molecule has 0 aromatic heterocycles. The molecule has 1 amide bonds. The number of alkyl halides is 3. The van der Waals surface area contributed by atoms with E-state index in [2.05, 4.69) is 4.90 Å². The molecule has 2 aliphatic heterocycles. The minimum Gasteiger partial charge on any atom is -0.488 e. The van der Waals surface area contributed by atoms with Crippen LogP contribution in [0.4, 0.5) is 13.2 Å². The summed E-state index contributed by atoms with van der Waals surface area (Å²) in [6.45, 7) is 2.98. The minimum absolute atomic E-state index is 0.0167. The Labute approximate surface area is 244 Å². The molecule has 1 aliphatic carbocycles. The Morgan fingerprint density at radius 1 is 1.10 bits per heavy atom. The summed E-state index contributed by atoms with van der Waals surface area (Å²) in [4.78, 5) is 27.9. The summed E-state index contributed by atoms with van der Waals surface area (Å²) in [5.41, 5.74) is 1.35. The van der Waals surface area contributed by atoms with E-state index in [4.69, 9.17) is 14.2 Å². The lowest BCUT2D eigenvalue weighted by Crippen LogP contribution is -2.52. The van der Waals surface area contributed by atoms with Crippen LogP contribution < -0.4 is 4.74 Å². The molecule has 2 aromatic rings. The zero-order chi connectivity index (χ0) is 29.7. The molecule has 5 rings (SSSR count). The number of carbonyl (C=O) groups is 2. The van der Waals surface area contributed by atoms with Crippen molar-refractivity contribution in [2.75, 3.05) is 46.5 Å². The van der Waals surface area contributed by atoms with Gasteiger partial charge in [0.15, 0.2) is 0 Å². The number of ether oxygens (including phenoxy) is 3. The topological polar surface area (TPSA) is 68.3 Å². The van der Waals surface area contributed by atoms with Gasteiger partial charge in [-0.25, -0.2) is 0 Å². The summed E-state index contributed by atoms with van der Waals surface area (Å²) >= 11 is 0. The van der Waals surface area contributed by atoms with Crippen LogP contribution in [0.5, 0.6) is 5.75 Å². The first kappa shape index (κ1) is 30.4. The van der Waals surface area contributed by atoms with E-state index in [1.54, 1.807) is 0 Å². The minimum atomic E-state index is -4.96. The monoisotopic (exact) mass is 588 g/mol. The Morgan fingerprint density at radius 3 is 2.52 bits per heavy atom. The van der Waals surface area contributed by atoms with Crippen molar-refractivity contribution in [3.8, 4) is 5.75 Å². The largest absolute Gasteiger partial charge is 0.488 e. The van der Waals surface area contributed by atoms with E-state index in [1.807, 2.05) is 54.6 Å². The van der Waals surface area contributed by atoms with Crippen molar-refractivity contribution in [3.63, 3.8) is 0 Å². The number of rotatable bonds is 11. The zero-order valence-corrected chi connectivity index (χ0v) is 24.0. The Balaban J connectivity index is 1.38. The molecule has 228 valence electrons. The summed E-state index contributed by atoms with van der Waals surface area (Å²) in [7, 11) is 1.36. The molecule has 3 aliphatic rings. The smallest absolute Gasteiger partial charge is 0.471 e. The summed E-state index contributed by atoms with van der Waals surface area (Å²) in [6, 6.07) is 16.7. The Bertz CT molecular complexity index is 1210. The molecule has 2 heterocycles. The number of halogens is 3. The highest BCUT2D eigenvalue weighted by Gasteiger charge is 2.54. The van der Waals surface area contributed by atoms with Crippen molar-refractivity contribution in [2.24, 2.45) is 5.41 Å². The molecule has 42 heavy (non-hydrogen) atoms. The normalized spacial score (nSPS) is 23.8. The number of nitrogens with zero attached hydrogens (tertiary/aromatic N) is 2. The fraction of sp³-hybridized carbons (Fsp3) is 0.562. The van der Waals surface area contributed by atoms with Crippen molar-refractivity contribution in [2.45, 2.75) is 62.8 Å². The van der Waals surface area contributed by atoms with Crippen LogP contribution in [0.2, 0.25) is 0 Å². The van der Waals surface area contributed by atoms with Crippen molar-refractivity contribution in [1.29, 1.82) is 0 Å². The molecule has 7 nitrogen and oxygen atoms in total. The first-order valence-electron chi connectivity index (χ1n) is 14.7. The number of esters is 1. The van der Waals surface area contributed by atoms with Crippen LogP contribution in [0.25, 0.3) is 0 Å². The molecule has 10 heteroatoms. The molecular formula is C32H39F3N2O5. The predicted molar refractivity (Wildman–Crippen MR) is 150 cm³/mol. The molecule has 3 fully saturated rings. The van der Waals surface area contributed by atoms with Gasteiger partial charge in [-0.2, -0.15) is 13.2 Å². The number of likely N-dealkylation sites (tertiary alicyclic amines) is 1. The first-order chi connectivity index (χ1) is 20.2. The summed E-state index contributed by atoms with van der Waals surface area (Å²) in [5, 5.41) is 0. The second-order valence-corrected chi connectivity index (χ2v) is 11.8. The van der Waals surface area contributed by atoms with Gasteiger partial charge in [-0.15, -0.1) is 0 Å². The van der Waals surface area contributed by atoms with E-state index < -0.39 is 23.5 Å². The molecule has 0 spiro atoms. The summed E-state index contributed by atoms with van der Waals surface area (Å²) < 4.78 is 58.2. The van der Waals surface area contributed by atoms with Crippen LogP contribution >= 0.6 is 0 Å². The molecule has 2 aromatic carbocycles. The maximum Gasteiger partial charge on any atom is 0.471 e. The molecule has 0 N–H and O–H groups in total. The third-order valence-corrected chi connectivity index (χ3v) is 8.84. The molecule has 2 saturated heterocycles. The van der Waals surface area contributed by atoms with Gasteiger partial charge in [0, 0.05) is 31.5 Å². The highest BCUT2D eigenvalue weighted by atomic mass is 19.4. The van der Waals surface area contributed by atoms with Crippen molar-refractivity contribution < 1.29 is 37.0 Å². The van der Waals surface area contributed by atoms with Crippen LogP contribution in [0, 0.1) is 5.41 Å². The lowest BCUT2D eigenvalue weighted by molar-refractivity contribution is -0.188. The van der Waals surface area contributed by atoms with Gasteiger partial charge < -0.3 is 24.0 Å². The third-order valence-electron chi connectivity index (χ3n) is 8.84. The van der Waals surface area contributed by atoms with Gasteiger partial charge in [0.05, 0.1) is 26.7 Å². The van der Waals surface area contributed by atoms with Gasteiger partial charge in [0.2, 0.25) is 0 Å². The number of methoxy groups -OCH3 is 1. The van der Waals surface area contributed by atoms with Gasteiger partial charge in [-0.1, -0.05) is 42.5 Å². The number of piperidine rings is 1. The maximum atomic E-state index is 14.0. The quantitative estimate of drug-likeness (QED) is 0.345. The van der Waals surface area contributed by atoms with Crippen LogP contribution in [0.3, 0.4) is 0 Å². The Morgan fingerprint density at radius 2 is 1.86 bits per heavy atom. The van der Waals surface area contributed by atoms with Gasteiger partial charge in [-0.3, -0.25) is 9.59 Å². The summed E-state index contributed by atoms with van der Waals surface area (Å²) in [5.74, 6) is -1.46. The fourth-order valence-electron chi connectivity index (χ4n) is 6.40. The highest BCUT2D eigenvalue weighted by Crippen LogP contribution is 2.48. The summed E-state index contributed by atoms with van der Waals surface area (Å²) in [6.07, 6.45) is -1.68. The van der Waals surface area contributed by atoms with E-state index in [1.165, 1.54) is 7.11 Å². The van der Waals surface area contributed by atoms with Crippen molar-refractivity contribution in [3.05, 3.63) is 65.7 Å². The second-order valence-electron chi connectivity index (χ2n) is 11.8. The SMILES string of the molecule is COC(=O)CCN1CCC(Cc2cccc(O[C@@H]3CCOC3)c2)(CN(C(=O)C(F)(F)F)[C@@H]2CC2c2ccccc2)CC1. The van der Waals surface area contributed by atoms with E-state index in [-0.39, 0.29) is 31.0 Å². The van der Waals surface area contributed by atoms with Gasteiger partial charge >= 0.3 is 18.1 Å². The average molecular weight is 589 g/mol. The zero-order valence-electron chi connectivity index (χ0n) is 24.0. The average Bonchev–Trinajstić information content (AvgIpc) is 3.62. The maximum absolute atomic E-state index is 14.0. The fourth-order valence-corrected chi connectivity index (χ4v) is 6.40. The predicted octanol–water partition coefficient (Wildman–Crippen LogP) is 4.99. The van der Waals surface area contributed by atoms with Crippen LogP contribution in [-0.4, -0.2) is 86.5 Å². The molecule has 0 bridgehead atoms. The second kappa shape index (κ2) is 13.0. The number of carbonyl (C=O) groups excluding carboxylic acids is 2. The van der Waals surface area contributed by atoms with Crippen LogP contribution in [0.15, 0.2) is 54.6 Å². The number of benzene rings is 2. The lowest BCUT2D eigenvalue weighted by Gasteiger charge is -2.45. The van der Waals surface area contributed by atoms with Gasteiger partial charge in [0.1, 0.15) is 11.9 Å². The Hall–Kier alpha value is -3.11. The van der Waals surface area contributed by atoms with E-state index in [9.17, 15) is 22.8 Å². The molecule has 0 radical (unpaired) electrons. The molecule has 1 unspecified atom stereocenters. The lowest BCUT2D eigenvalue weighted by atomic mass is 9.73. The van der Waals surface area contributed by atoms with Crippen molar-refractivity contribution in [1.82, 2.24) is 9.80 Å². The first-order valence-corrected chi connectivity index (χ1v) is 14.7. The van der Waals surface area contributed by atoms with Crippen LogP contribution in [0.1, 0.15) is 49.1 Å².